The van der Waals surface area contributed by atoms with E-state index in [1.165, 1.54) is 0 Å². The summed E-state index contributed by atoms with van der Waals surface area (Å²) < 4.78 is 0. The van der Waals surface area contributed by atoms with Gasteiger partial charge in [-0.25, -0.2) is 0 Å². The van der Waals surface area contributed by atoms with Gasteiger partial charge in [0.15, 0.2) is 0 Å². The van der Waals surface area contributed by atoms with Crippen molar-refractivity contribution in [3.63, 3.8) is 0 Å². The predicted octanol–water partition coefficient (Wildman–Crippen LogP) is 3.84. The van der Waals surface area contributed by atoms with E-state index in [-0.39, 0.29) is 6.04 Å². The lowest BCUT2D eigenvalue weighted by atomic mass is 10.1. The van der Waals surface area contributed by atoms with Gasteiger partial charge in [-0.05, 0) is 44.2 Å². The maximum Gasteiger partial charge on any atom is 0.147 e. The van der Waals surface area contributed by atoms with E-state index in [9.17, 15) is 0 Å². The van der Waals surface area contributed by atoms with Crippen LogP contribution in [0.3, 0.4) is 0 Å². The third kappa shape index (κ3) is 3.07. The number of hydrogen-bond donors (Lipinski definition) is 1. The van der Waals surface area contributed by atoms with Crippen LogP contribution >= 0.6 is 22.9 Å². The van der Waals surface area contributed by atoms with Gasteiger partial charge in [0.05, 0.1) is 6.04 Å². The molecule has 1 heterocycles. The Bertz CT molecular complexity index is 519. The Hall–Kier alpha value is -0.970. The number of rotatable bonds is 4. The smallest absolute Gasteiger partial charge is 0.147 e. The molecule has 3 nitrogen and oxygen atoms in total. The van der Waals surface area contributed by atoms with Crippen LogP contribution in [0.5, 0.6) is 0 Å². The van der Waals surface area contributed by atoms with Crippen molar-refractivity contribution < 1.29 is 0 Å². The average Bonchev–Trinajstić information content (AvgIpc) is 2.77. The highest BCUT2D eigenvalue weighted by Crippen LogP contribution is 2.29. The molecule has 1 aromatic carbocycles. The molecule has 0 saturated heterocycles. The van der Waals surface area contributed by atoms with Crippen molar-refractivity contribution in [2.24, 2.45) is 0 Å². The van der Waals surface area contributed by atoms with Gasteiger partial charge in [0.2, 0.25) is 0 Å². The van der Waals surface area contributed by atoms with E-state index in [1.54, 1.807) is 11.3 Å². The van der Waals surface area contributed by atoms with Crippen LogP contribution < -0.4 is 5.32 Å². The fourth-order valence-corrected chi connectivity index (χ4v) is 2.93. The van der Waals surface area contributed by atoms with Crippen LogP contribution in [-0.2, 0) is 0 Å². The Morgan fingerprint density at radius 1 is 1.33 bits per heavy atom. The van der Waals surface area contributed by atoms with Crippen LogP contribution in [-0.4, -0.2) is 16.7 Å². The van der Waals surface area contributed by atoms with Crippen molar-refractivity contribution >= 4 is 22.9 Å². The van der Waals surface area contributed by atoms with E-state index in [2.05, 4.69) is 35.4 Å². The second-order valence-electron chi connectivity index (χ2n) is 4.24. The molecule has 0 bridgehead atoms. The first-order valence-corrected chi connectivity index (χ1v) is 7.14. The summed E-state index contributed by atoms with van der Waals surface area (Å²) >= 11 is 7.67. The van der Waals surface area contributed by atoms with Crippen LogP contribution in [0.15, 0.2) is 18.2 Å². The summed E-state index contributed by atoms with van der Waals surface area (Å²) in [5.74, 6) is 0. The molecule has 2 rings (SSSR count). The molecule has 1 N–H and O–H groups in total. The first kappa shape index (κ1) is 13.5. The third-order valence-electron chi connectivity index (χ3n) is 2.61. The summed E-state index contributed by atoms with van der Waals surface area (Å²) in [5, 5.41) is 14.5. The van der Waals surface area contributed by atoms with Crippen molar-refractivity contribution in [1.29, 1.82) is 0 Å². The molecule has 96 valence electrons. The Morgan fingerprint density at radius 3 is 2.78 bits per heavy atom. The van der Waals surface area contributed by atoms with E-state index in [0.29, 0.717) is 0 Å². The summed E-state index contributed by atoms with van der Waals surface area (Å²) in [6.45, 7) is 7.13. The number of aromatic nitrogens is 2. The molecule has 0 radical (unpaired) electrons. The first-order chi connectivity index (χ1) is 8.60. The van der Waals surface area contributed by atoms with Crippen molar-refractivity contribution in [1.82, 2.24) is 15.5 Å². The number of nitrogens with one attached hydrogen (secondary N) is 1. The van der Waals surface area contributed by atoms with Gasteiger partial charge in [-0.15, -0.1) is 10.2 Å². The van der Waals surface area contributed by atoms with Gasteiger partial charge in [0, 0.05) is 10.6 Å². The highest BCUT2D eigenvalue weighted by atomic mass is 35.5. The van der Waals surface area contributed by atoms with Gasteiger partial charge in [-0.1, -0.05) is 29.9 Å². The molecule has 0 amide bonds. The van der Waals surface area contributed by atoms with E-state index >= 15 is 0 Å². The minimum atomic E-state index is 0.238. The average molecular weight is 282 g/mol. The second-order valence-corrected chi connectivity index (χ2v) is 5.69. The number of benzene rings is 1. The molecule has 0 aliphatic rings. The lowest BCUT2D eigenvalue weighted by molar-refractivity contribution is 0.590. The van der Waals surface area contributed by atoms with Crippen LogP contribution in [0.1, 0.15) is 30.5 Å². The largest absolute Gasteiger partial charge is 0.308 e. The molecule has 5 heteroatoms. The van der Waals surface area contributed by atoms with E-state index in [1.807, 2.05) is 19.1 Å². The van der Waals surface area contributed by atoms with Crippen molar-refractivity contribution in [3.05, 3.63) is 33.8 Å². The summed E-state index contributed by atoms with van der Waals surface area (Å²) in [4.78, 5) is 0. The zero-order valence-corrected chi connectivity index (χ0v) is 12.3. The highest BCUT2D eigenvalue weighted by molar-refractivity contribution is 7.14. The SMILES string of the molecule is CCNC(C)c1nnc(-c2cc(C)cc(Cl)c2)s1. The molecule has 1 atom stereocenters. The van der Waals surface area contributed by atoms with Crippen molar-refractivity contribution in [2.45, 2.75) is 26.8 Å². The Labute approximate surface area is 116 Å². The summed E-state index contributed by atoms with van der Waals surface area (Å²) in [7, 11) is 0. The van der Waals surface area contributed by atoms with Crippen molar-refractivity contribution in [3.8, 4) is 10.6 Å². The summed E-state index contributed by atoms with van der Waals surface area (Å²) in [6.07, 6.45) is 0. The Morgan fingerprint density at radius 2 is 2.11 bits per heavy atom. The molecule has 0 saturated carbocycles. The fraction of sp³-hybridized carbons (Fsp3) is 0.385. The zero-order chi connectivity index (χ0) is 13.1. The van der Waals surface area contributed by atoms with Gasteiger partial charge < -0.3 is 5.32 Å². The number of halogens is 1. The monoisotopic (exact) mass is 281 g/mol. The van der Waals surface area contributed by atoms with Gasteiger partial charge in [0.25, 0.3) is 0 Å². The third-order valence-corrected chi connectivity index (χ3v) is 3.98. The maximum atomic E-state index is 6.06. The topological polar surface area (TPSA) is 37.8 Å². The molecule has 0 aliphatic heterocycles. The quantitative estimate of drug-likeness (QED) is 0.925. The summed E-state index contributed by atoms with van der Waals surface area (Å²) in [6, 6.07) is 6.18. The van der Waals surface area contributed by atoms with E-state index < -0.39 is 0 Å². The van der Waals surface area contributed by atoms with Crippen LogP contribution in [0.4, 0.5) is 0 Å². The van der Waals surface area contributed by atoms with E-state index in [0.717, 1.165) is 32.7 Å². The first-order valence-electron chi connectivity index (χ1n) is 5.94. The van der Waals surface area contributed by atoms with Gasteiger partial charge >= 0.3 is 0 Å². The fourth-order valence-electron chi connectivity index (χ4n) is 1.78. The van der Waals surface area contributed by atoms with Crippen LogP contribution in [0.25, 0.3) is 10.6 Å². The summed E-state index contributed by atoms with van der Waals surface area (Å²) in [5.41, 5.74) is 2.17. The molecule has 0 aliphatic carbocycles. The maximum absolute atomic E-state index is 6.06. The minimum Gasteiger partial charge on any atom is -0.308 e. The van der Waals surface area contributed by atoms with Gasteiger partial charge in [0.1, 0.15) is 10.0 Å². The standard InChI is InChI=1S/C13H16ClN3S/c1-4-15-9(3)12-16-17-13(18-12)10-5-8(2)6-11(14)7-10/h5-7,9,15H,4H2,1-3H3. The Balaban J connectivity index is 2.29. The van der Waals surface area contributed by atoms with E-state index in [4.69, 9.17) is 11.6 Å². The van der Waals surface area contributed by atoms with Crippen molar-refractivity contribution in [2.75, 3.05) is 6.54 Å². The molecule has 0 spiro atoms. The lowest BCUT2D eigenvalue weighted by Crippen LogP contribution is -2.17. The van der Waals surface area contributed by atoms with Gasteiger partial charge in [-0.2, -0.15) is 0 Å². The van der Waals surface area contributed by atoms with Crippen LogP contribution in [0, 0.1) is 6.92 Å². The van der Waals surface area contributed by atoms with Crippen LogP contribution in [0.2, 0.25) is 5.02 Å². The van der Waals surface area contributed by atoms with Gasteiger partial charge in [-0.3, -0.25) is 0 Å². The number of aryl methyl sites for hydroxylation is 1. The second kappa shape index (κ2) is 5.78. The molecule has 18 heavy (non-hydrogen) atoms. The molecule has 2 aromatic rings. The number of hydrogen-bond acceptors (Lipinski definition) is 4. The lowest BCUT2D eigenvalue weighted by Gasteiger charge is -2.06. The molecule has 1 aromatic heterocycles. The normalized spacial score (nSPS) is 12.7. The predicted molar refractivity (Wildman–Crippen MR) is 77.2 cm³/mol. The zero-order valence-electron chi connectivity index (χ0n) is 10.7. The number of nitrogens with zero attached hydrogens (tertiary/aromatic N) is 2. The molecular formula is C13H16ClN3S. The molecular weight excluding hydrogens is 266 g/mol. The minimum absolute atomic E-state index is 0.238. The molecule has 0 fully saturated rings. The Kier molecular flexibility index (Phi) is 4.32. The molecule has 1 unspecified atom stereocenters. The highest BCUT2D eigenvalue weighted by Gasteiger charge is 2.12.